The highest BCUT2D eigenvalue weighted by Crippen LogP contribution is 2.40. The van der Waals surface area contributed by atoms with Gasteiger partial charge in [0, 0.05) is 17.9 Å². The molecule has 1 aromatic carbocycles. The Balaban J connectivity index is 2.07. The van der Waals surface area contributed by atoms with Gasteiger partial charge in [0.2, 0.25) is 5.91 Å². The molecule has 1 fully saturated rings. The van der Waals surface area contributed by atoms with Crippen LogP contribution >= 0.6 is 0 Å². The minimum absolute atomic E-state index is 0.120. The van der Waals surface area contributed by atoms with Crippen LogP contribution in [-0.2, 0) is 10.2 Å². The average molecular weight is 259 g/mol. The lowest BCUT2D eigenvalue weighted by Crippen LogP contribution is -2.40. The fourth-order valence-electron chi connectivity index (χ4n) is 3.03. The van der Waals surface area contributed by atoms with Gasteiger partial charge in [0.25, 0.3) is 0 Å². The van der Waals surface area contributed by atoms with Crippen LogP contribution in [0.5, 0.6) is 0 Å². The topological polar surface area (TPSA) is 29.1 Å². The number of rotatable bonds is 5. The first-order chi connectivity index (χ1) is 9.18. The average Bonchev–Trinajstić information content (AvgIpc) is 2.95. The van der Waals surface area contributed by atoms with Crippen LogP contribution in [0.2, 0.25) is 0 Å². The lowest BCUT2D eigenvalue weighted by molar-refractivity contribution is -0.124. The number of hydrogen-bond acceptors (Lipinski definition) is 1. The predicted octanol–water partition coefficient (Wildman–Crippen LogP) is 3.66. The number of amides is 1. The minimum Gasteiger partial charge on any atom is -0.355 e. The summed E-state index contributed by atoms with van der Waals surface area (Å²) in [6.07, 6.45) is 5.84. The van der Waals surface area contributed by atoms with Crippen LogP contribution in [0, 0.1) is 5.92 Å². The van der Waals surface area contributed by atoms with Crippen LogP contribution in [0.25, 0.3) is 0 Å². The molecule has 0 aliphatic heterocycles. The van der Waals surface area contributed by atoms with Crippen LogP contribution in [-0.4, -0.2) is 12.5 Å². The third-order valence-electron chi connectivity index (χ3n) is 4.61. The smallest absolute Gasteiger partial charge is 0.222 e. The second-order valence-corrected chi connectivity index (χ2v) is 5.88. The molecule has 1 saturated carbocycles. The third kappa shape index (κ3) is 3.17. The summed E-state index contributed by atoms with van der Waals surface area (Å²) in [6.45, 7) is 4.85. The van der Waals surface area contributed by atoms with Gasteiger partial charge in [-0.1, -0.05) is 57.0 Å². The molecular weight excluding hydrogens is 234 g/mol. The lowest BCUT2D eigenvalue weighted by atomic mass is 9.78. The van der Waals surface area contributed by atoms with Gasteiger partial charge in [0.1, 0.15) is 0 Å². The minimum atomic E-state index is 0.120. The number of carbonyl (C=O) groups is 1. The van der Waals surface area contributed by atoms with E-state index >= 15 is 0 Å². The molecule has 0 aromatic heterocycles. The van der Waals surface area contributed by atoms with Gasteiger partial charge in [-0.15, -0.1) is 0 Å². The van der Waals surface area contributed by atoms with E-state index in [4.69, 9.17) is 0 Å². The second kappa shape index (κ2) is 6.23. The summed E-state index contributed by atoms with van der Waals surface area (Å²) in [5.41, 5.74) is 1.56. The van der Waals surface area contributed by atoms with Crippen LogP contribution in [0.4, 0.5) is 0 Å². The maximum atomic E-state index is 12.0. The first kappa shape index (κ1) is 14.1. The zero-order valence-corrected chi connectivity index (χ0v) is 12.1. The molecule has 0 spiro atoms. The molecule has 1 aliphatic rings. The quantitative estimate of drug-likeness (QED) is 0.859. The van der Waals surface area contributed by atoms with Gasteiger partial charge >= 0.3 is 0 Å². The maximum absolute atomic E-state index is 12.0. The SMILES string of the molecule is CCC(C)C(=O)NCC1(c2ccccc2)CCCC1. The highest BCUT2D eigenvalue weighted by Gasteiger charge is 2.35. The highest BCUT2D eigenvalue weighted by molar-refractivity contribution is 5.78. The molecule has 1 atom stereocenters. The van der Waals surface area contributed by atoms with Crippen LogP contribution < -0.4 is 5.32 Å². The van der Waals surface area contributed by atoms with Crippen molar-refractivity contribution >= 4 is 5.91 Å². The van der Waals surface area contributed by atoms with Crippen LogP contribution in [0.3, 0.4) is 0 Å². The van der Waals surface area contributed by atoms with Crippen molar-refractivity contribution in [3.63, 3.8) is 0 Å². The van der Waals surface area contributed by atoms with Crippen molar-refractivity contribution < 1.29 is 4.79 Å². The highest BCUT2D eigenvalue weighted by atomic mass is 16.1. The Morgan fingerprint density at radius 3 is 2.47 bits per heavy atom. The first-order valence-electron chi connectivity index (χ1n) is 7.51. The molecule has 2 rings (SSSR count). The standard InChI is InChI=1S/C17H25NO/c1-3-14(2)16(19)18-13-17(11-7-8-12-17)15-9-5-4-6-10-15/h4-6,9-10,14H,3,7-8,11-13H2,1-2H3,(H,18,19). The summed E-state index contributed by atoms with van der Waals surface area (Å²) in [4.78, 5) is 12.0. The van der Waals surface area contributed by atoms with Crippen molar-refractivity contribution in [2.75, 3.05) is 6.54 Å². The number of benzene rings is 1. The van der Waals surface area contributed by atoms with Crippen LogP contribution in [0.1, 0.15) is 51.5 Å². The zero-order valence-electron chi connectivity index (χ0n) is 12.1. The van der Waals surface area contributed by atoms with E-state index in [1.807, 2.05) is 6.92 Å². The van der Waals surface area contributed by atoms with Gasteiger partial charge in [-0.05, 0) is 24.8 Å². The summed E-state index contributed by atoms with van der Waals surface area (Å²) in [5.74, 6) is 0.318. The molecule has 1 N–H and O–H groups in total. The summed E-state index contributed by atoms with van der Waals surface area (Å²) in [7, 11) is 0. The van der Waals surface area contributed by atoms with Crippen molar-refractivity contribution in [3.05, 3.63) is 35.9 Å². The molecule has 2 nitrogen and oxygen atoms in total. The summed E-state index contributed by atoms with van der Waals surface area (Å²) < 4.78 is 0. The van der Waals surface area contributed by atoms with E-state index in [-0.39, 0.29) is 17.2 Å². The molecule has 0 radical (unpaired) electrons. The Labute approximate surface area is 116 Å². The van der Waals surface area contributed by atoms with Gasteiger partial charge in [-0.25, -0.2) is 0 Å². The summed E-state index contributed by atoms with van der Waals surface area (Å²) in [6, 6.07) is 10.7. The van der Waals surface area contributed by atoms with Crippen molar-refractivity contribution in [1.29, 1.82) is 0 Å². The Hall–Kier alpha value is -1.31. The molecule has 0 heterocycles. The van der Waals surface area contributed by atoms with Gasteiger partial charge in [0.05, 0.1) is 0 Å². The molecule has 0 bridgehead atoms. The lowest BCUT2D eigenvalue weighted by Gasteiger charge is -2.30. The van der Waals surface area contributed by atoms with E-state index in [1.165, 1.54) is 31.2 Å². The molecule has 19 heavy (non-hydrogen) atoms. The Morgan fingerprint density at radius 1 is 1.26 bits per heavy atom. The maximum Gasteiger partial charge on any atom is 0.222 e. The van der Waals surface area contributed by atoms with Crippen molar-refractivity contribution in [2.45, 2.75) is 51.4 Å². The summed E-state index contributed by atoms with van der Waals surface area (Å²) in [5, 5.41) is 3.18. The molecule has 1 aromatic rings. The van der Waals surface area contributed by atoms with E-state index in [9.17, 15) is 4.79 Å². The van der Waals surface area contributed by atoms with Crippen molar-refractivity contribution in [1.82, 2.24) is 5.32 Å². The molecule has 1 amide bonds. The Kier molecular flexibility index (Phi) is 4.62. The summed E-state index contributed by atoms with van der Waals surface area (Å²) >= 11 is 0. The van der Waals surface area contributed by atoms with Gasteiger partial charge in [-0.3, -0.25) is 4.79 Å². The van der Waals surface area contributed by atoms with Gasteiger partial charge < -0.3 is 5.32 Å². The number of hydrogen-bond donors (Lipinski definition) is 1. The molecule has 104 valence electrons. The van der Waals surface area contributed by atoms with Gasteiger partial charge in [-0.2, -0.15) is 0 Å². The fourth-order valence-corrected chi connectivity index (χ4v) is 3.03. The van der Waals surface area contributed by atoms with E-state index in [0.29, 0.717) is 0 Å². The van der Waals surface area contributed by atoms with E-state index < -0.39 is 0 Å². The first-order valence-corrected chi connectivity index (χ1v) is 7.51. The Bertz CT molecular complexity index is 407. The molecule has 2 heteroatoms. The van der Waals surface area contributed by atoms with Crippen LogP contribution in [0.15, 0.2) is 30.3 Å². The zero-order chi connectivity index (χ0) is 13.7. The molecule has 0 saturated heterocycles. The van der Waals surface area contributed by atoms with E-state index in [1.54, 1.807) is 0 Å². The monoisotopic (exact) mass is 259 g/mol. The molecular formula is C17H25NO. The normalized spacial score (nSPS) is 19.1. The largest absolute Gasteiger partial charge is 0.355 e. The van der Waals surface area contributed by atoms with E-state index in [2.05, 4.69) is 42.6 Å². The Morgan fingerprint density at radius 2 is 1.89 bits per heavy atom. The molecule has 1 aliphatic carbocycles. The predicted molar refractivity (Wildman–Crippen MR) is 79.1 cm³/mol. The second-order valence-electron chi connectivity index (χ2n) is 5.88. The third-order valence-corrected chi connectivity index (χ3v) is 4.61. The van der Waals surface area contributed by atoms with Gasteiger partial charge in [0.15, 0.2) is 0 Å². The molecule has 1 unspecified atom stereocenters. The number of nitrogens with one attached hydrogen (secondary N) is 1. The van der Waals surface area contributed by atoms with Crippen molar-refractivity contribution in [2.24, 2.45) is 5.92 Å². The fraction of sp³-hybridized carbons (Fsp3) is 0.588. The van der Waals surface area contributed by atoms with E-state index in [0.717, 1.165) is 13.0 Å². The van der Waals surface area contributed by atoms with Crippen molar-refractivity contribution in [3.8, 4) is 0 Å². The number of carbonyl (C=O) groups excluding carboxylic acids is 1.